The molecule has 1 rings (SSSR count). The van der Waals surface area contributed by atoms with E-state index in [1.165, 1.54) is 12.8 Å². The van der Waals surface area contributed by atoms with Gasteiger partial charge in [0.15, 0.2) is 0 Å². The highest BCUT2D eigenvalue weighted by atomic mass is 16.1. The predicted octanol–water partition coefficient (Wildman–Crippen LogP) is 2.65. The van der Waals surface area contributed by atoms with Crippen LogP contribution in [0.3, 0.4) is 0 Å². The van der Waals surface area contributed by atoms with E-state index in [0.717, 1.165) is 31.0 Å². The first-order chi connectivity index (χ1) is 5.24. The van der Waals surface area contributed by atoms with E-state index in [-0.39, 0.29) is 0 Å². The van der Waals surface area contributed by atoms with Gasteiger partial charge in [-0.2, -0.15) is 0 Å². The van der Waals surface area contributed by atoms with Gasteiger partial charge in [-0.1, -0.05) is 13.8 Å². The van der Waals surface area contributed by atoms with Gasteiger partial charge in [0.05, 0.1) is 0 Å². The summed E-state index contributed by atoms with van der Waals surface area (Å²) < 4.78 is 0. The van der Waals surface area contributed by atoms with E-state index in [9.17, 15) is 4.79 Å². The van der Waals surface area contributed by atoms with Crippen molar-refractivity contribution in [2.24, 2.45) is 17.8 Å². The first-order valence-electron chi connectivity index (χ1n) is 4.69. The summed E-state index contributed by atoms with van der Waals surface area (Å²) >= 11 is 0. The molecule has 1 heteroatoms. The van der Waals surface area contributed by atoms with Crippen molar-refractivity contribution in [3.63, 3.8) is 0 Å². The third kappa shape index (κ3) is 2.32. The third-order valence-corrected chi connectivity index (χ3v) is 2.95. The zero-order valence-corrected chi connectivity index (χ0v) is 7.55. The van der Waals surface area contributed by atoms with Crippen LogP contribution in [0.15, 0.2) is 0 Å². The molecule has 0 heterocycles. The topological polar surface area (TPSA) is 17.1 Å². The Morgan fingerprint density at radius 2 is 1.73 bits per heavy atom. The van der Waals surface area contributed by atoms with E-state index >= 15 is 0 Å². The van der Waals surface area contributed by atoms with Crippen LogP contribution in [0, 0.1) is 17.8 Å². The fourth-order valence-electron chi connectivity index (χ4n) is 1.95. The Hall–Kier alpha value is -0.330. The molecule has 1 fully saturated rings. The number of hydrogen-bond acceptors (Lipinski definition) is 1. The van der Waals surface area contributed by atoms with Gasteiger partial charge >= 0.3 is 0 Å². The lowest BCUT2D eigenvalue weighted by molar-refractivity contribution is -0.112. The van der Waals surface area contributed by atoms with E-state index in [0.29, 0.717) is 5.92 Å². The Labute approximate surface area is 69.2 Å². The maximum Gasteiger partial charge on any atom is 0.123 e. The zero-order valence-electron chi connectivity index (χ0n) is 7.55. The van der Waals surface area contributed by atoms with E-state index in [2.05, 4.69) is 13.8 Å². The van der Waals surface area contributed by atoms with Gasteiger partial charge in [0, 0.05) is 5.92 Å². The van der Waals surface area contributed by atoms with Crippen LogP contribution in [0.1, 0.15) is 39.5 Å². The Morgan fingerprint density at radius 1 is 1.18 bits per heavy atom. The molecule has 1 nitrogen and oxygen atoms in total. The molecule has 11 heavy (non-hydrogen) atoms. The highest BCUT2D eigenvalue weighted by Crippen LogP contribution is 2.31. The molecular formula is C10H18O. The molecule has 0 aromatic carbocycles. The van der Waals surface area contributed by atoms with Crippen LogP contribution in [-0.2, 0) is 4.79 Å². The summed E-state index contributed by atoms with van der Waals surface area (Å²) in [4.78, 5) is 10.4. The summed E-state index contributed by atoms with van der Waals surface area (Å²) in [5.74, 6) is 2.07. The van der Waals surface area contributed by atoms with Crippen LogP contribution in [0.5, 0.6) is 0 Å². The van der Waals surface area contributed by atoms with Crippen molar-refractivity contribution >= 4 is 6.29 Å². The molecule has 1 saturated carbocycles. The molecule has 0 unspecified atom stereocenters. The number of aldehydes is 1. The number of rotatable bonds is 2. The molecule has 0 saturated heterocycles. The van der Waals surface area contributed by atoms with Crippen LogP contribution in [0.2, 0.25) is 0 Å². The molecule has 0 bridgehead atoms. The van der Waals surface area contributed by atoms with Crippen molar-refractivity contribution in [3.05, 3.63) is 0 Å². The number of hydrogen-bond donors (Lipinski definition) is 0. The van der Waals surface area contributed by atoms with E-state index < -0.39 is 0 Å². The monoisotopic (exact) mass is 154 g/mol. The number of carbonyl (C=O) groups is 1. The summed E-state index contributed by atoms with van der Waals surface area (Å²) in [7, 11) is 0. The van der Waals surface area contributed by atoms with E-state index in [1.54, 1.807) is 0 Å². The summed E-state index contributed by atoms with van der Waals surface area (Å²) in [5.41, 5.74) is 0. The minimum Gasteiger partial charge on any atom is -0.303 e. The smallest absolute Gasteiger partial charge is 0.123 e. The lowest BCUT2D eigenvalue weighted by Crippen LogP contribution is -2.19. The lowest BCUT2D eigenvalue weighted by atomic mass is 9.77. The maximum absolute atomic E-state index is 10.4. The van der Waals surface area contributed by atoms with Crippen LogP contribution in [0.25, 0.3) is 0 Å². The van der Waals surface area contributed by atoms with Gasteiger partial charge in [-0.25, -0.2) is 0 Å². The third-order valence-electron chi connectivity index (χ3n) is 2.95. The van der Waals surface area contributed by atoms with Crippen molar-refractivity contribution in [2.45, 2.75) is 39.5 Å². The van der Waals surface area contributed by atoms with Gasteiger partial charge in [-0.05, 0) is 37.5 Å². The lowest BCUT2D eigenvalue weighted by Gasteiger charge is -2.28. The van der Waals surface area contributed by atoms with E-state index in [4.69, 9.17) is 0 Å². The molecule has 0 aromatic rings. The minimum absolute atomic E-state index is 0.380. The Balaban J connectivity index is 2.29. The molecule has 64 valence electrons. The highest BCUT2D eigenvalue weighted by molar-refractivity contribution is 5.53. The average molecular weight is 154 g/mol. The minimum atomic E-state index is 0.380. The molecule has 1 aliphatic rings. The van der Waals surface area contributed by atoms with Gasteiger partial charge in [0.25, 0.3) is 0 Å². The zero-order chi connectivity index (χ0) is 8.27. The molecule has 1 aliphatic carbocycles. The molecule has 0 aromatic heterocycles. The maximum atomic E-state index is 10.4. The van der Waals surface area contributed by atoms with Crippen molar-refractivity contribution < 1.29 is 4.79 Å². The largest absolute Gasteiger partial charge is 0.303 e. The van der Waals surface area contributed by atoms with Gasteiger partial charge < -0.3 is 4.79 Å². The summed E-state index contributed by atoms with van der Waals surface area (Å²) in [6, 6.07) is 0. The fraction of sp³-hybridized carbons (Fsp3) is 0.900. The fourth-order valence-corrected chi connectivity index (χ4v) is 1.95. The molecule has 0 aliphatic heterocycles. The highest BCUT2D eigenvalue weighted by Gasteiger charge is 2.22. The Kier molecular flexibility index (Phi) is 3.10. The van der Waals surface area contributed by atoms with Crippen LogP contribution in [-0.4, -0.2) is 6.29 Å². The van der Waals surface area contributed by atoms with Gasteiger partial charge in [-0.3, -0.25) is 0 Å². The first-order valence-corrected chi connectivity index (χ1v) is 4.69. The van der Waals surface area contributed by atoms with Gasteiger partial charge in [0.1, 0.15) is 6.29 Å². The predicted molar refractivity (Wildman–Crippen MR) is 46.4 cm³/mol. The second-order valence-corrected chi connectivity index (χ2v) is 4.05. The summed E-state index contributed by atoms with van der Waals surface area (Å²) in [6.07, 6.45) is 5.93. The normalized spacial score (nSPS) is 32.3. The van der Waals surface area contributed by atoms with Crippen molar-refractivity contribution in [2.75, 3.05) is 0 Å². The molecule has 0 radical (unpaired) electrons. The van der Waals surface area contributed by atoms with Crippen molar-refractivity contribution in [1.82, 2.24) is 0 Å². The quantitative estimate of drug-likeness (QED) is 0.559. The second-order valence-electron chi connectivity index (χ2n) is 4.05. The molecule has 0 amide bonds. The SMILES string of the molecule is CC(C)[C@H]1CC[C@H](C=O)CC1. The molecular weight excluding hydrogens is 136 g/mol. The Morgan fingerprint density at radius 3 is 2.09 bits per heavy atom. The molecule has 0 N–H and O–H groups in total. The summed E-state index contributed by atoms with van der Waals surface area (Å²) in [5, 5.41) is 0. The van der Waals surface area contributed by atoms with Crippen molar-refractivity contribution in [1.29, 1.82) is 0 Å². The summed E-state index contributed by atoms with van der Waals surface area (Å²) in [6.45, 7) is 4.57. The Bertz CT molecular complexity index is 121. The van der Waals surface area contributed by atoms with E-state index in [1.807, 2.05) is 0 Å². The standard InChI is InChI=1S/C10H18O/c1-8(2)10-5-3-9(7-11)4-6-10/h7-10H,3-6H2,1-2H3/t9-,10-. The van der Waals surface area contributed by atoms with Crippen LogP contribution in [0.4, 0.5) is 0 Å². The number of carbonyl (C=O) groups excluding carboxylic acids is 1. The molecule has 0 spiro atoms. The van der Waals surface area contributed by atoms with Gasteiger partial charge in [0.2, 0.25) is 0 Å². The van der Waals surface area contributed by atoms with Crippen LogP contribution < -0.4 is 0 Å². The first kappa shape index (κ1) is 8.76. The average Bonchev–Trinajstić information content (AvgIpc) is 2.05. The molecule has 0 atom stereocenters. The van der Waals surface area contributed by atoms with Crippen molar-refractivity contribution in [3.8, 4) is 0 Å². The van der Waals surface area contributed by atoms with Gasteiger partial charge in [-0.15, -0.1) is 0 Å². The second kappa shape index (κ2) is 3.89. The van der Waals surface area contributed by atoms with Crippen LogP contribution >= 0.6 is 0 Å².